The first-order valence-electron chi connectivity index (χ1n) is 4.41. The summed E-state index contributed by atoms with van der Waals surface area (Å²) in [5.41, 5.74) is 11.8. The zero-order valence-electron chi connectivity index (χ0n) is 8.61. The molecule has 15 heavy (non-hydrogen) atoms. The molecule has 1 aromatic rings. The molecule has 82 valence electrons. The first-order chi connectivity index (χ1) is 7.06. The van der Waals surface area contributed by atoms with Crippen molar-refractivity contribution in [2.75, 3.05) is 6.61 Å². The quantitative estimate of drug-likeness (QED) is 0.460. The van der Waals surface area contributed by atoms with E-state index in [1.165, 1.54) is 11.3 Å². The summed E-state index contributed by atoms with van der Waals surface area (Å²) < 4.78 is 4.91. The third-order valence-electron chi connectivity index (χ3n) is 1.67. The predicted molar refractivity (Wildman–Crippen MR) is 60.5 cm³/mol. The van der Waals surface area contributed by atoms with Crippen LogP contribution in [0.1, 0.15) is 22.8 Å². The molecular formula is C9H13N3O2S. The Kier molecular flexibility index (Phi) is 3.68. The highest BCUT2D eigenvalue weighted by atomic mass is 32.1. The summed E-state index contributed by atoms with van der Waals surface area (Å²) in [5, 5.41) is 2.31. The third kappa shape index (κ3) is 2.69. The molecule has 0 bridgehead atoms. The van der Waals surface area contributed by atoms with Gasteiger partial charge in [-0.25, -0.2) is 9.79 Å². The van der Waals surface area contributed by atoms with Crippen LogP contribution in [0, 0.1) is 6.92 Å². The van der Waals surface area contributed by atoms with Crippen LogP contribution in [0.2, 0.25) is 0 Å². The molecule has 0 aliphatic rings. The summed E-state index contributed by atoms with van der Waals surface area (Å²) >= 11 is 1.31. The Bertz CT molecular complexity index is 394. The number of aliphatic imine (C=N–C) groups is 1. The van der Waals surface area contributed by atoms with Crippen molar-refractivity contribution in [3.05, 3.63) is 16.5 Å². The molecular weight excluding hydrogens is 214 g/mol. The zero-order valence-corrected chi connectivity index (χ0v) is 9.43. The highest BCUT2D eigenvalue weighted by molar-refractivity contribution is 7.14. The molecule has 0 saturated heterocycles. The lowest BCUT2D eigenvalue weighted by Crippen LogP contribution is -2.22. The van der Waals surface area contributed by atoms with Gasteiger partial charge in [0.25, 0.3) is 0 Å². The van der Waals surface area contributed by atoms with Gasteiger partial charge in [-0.05, 0) is 24.8 Å². The van der Waals surface area contributed by atoms with Crippen molar-refractivity contribution < 1.29 is 9.53 Å². The maximum absolute atomic E-state index is 11.6. The number of nitrogens with zero attached hydrogens (tertiary/aromatic N) is 1. The predicted octanol–water partition coefficient (Wildman–Crippen LogP) is 1.14. The maximum atomic E-state index is 11.6. The molecule has 1 rings (SSSR count). The fraction of sp³-hybridized carbons (Fsp3) is 0.333. The molecule has 4 N–H and O–H groups in total. The highest BCUT2D eigenvalue weighted by Crippen LogP contribution is 2.30. The molecule has 5 nitrogen and oxygen atoms in total. The van der Waals surface area contributed by atoms with E-state index in [9.17, 15) is 4.79 Å². The van der Waals surface area contributed by atoms with E-state index < -0.39 is 5.97 Å². The minimum Gasteiger partial charge on any atom is -0.462 e. The van der Waals surface area contributed by atoms with Crippen molar-refractivity contribution >= 4 is 28.3 Å². The molecule has 0 fully saturated rings. The van der Waals surface area contributed by atoms with Crippen LogP contribution in [0.25, 0.3) is 0 Å². The van der Waals surface area contributed by atoms with Gasteiger partial charge in [0.05, 0.1) is 12.2 Å². The van der Waals surface area contributed by atoms with E-state index >= 15 is 0 Å². The van der Waals surface area contributed by atoms with Crippen LogP contribution < -0.4 is 11.5 Å². The Morgan fingerprint density at radius 3 is 2.80 bits per heavy atom. The smallest absolute Gasteiger partial charge is 0.341 e. The number of aryl methyl sites for hydroxylation is 1. The SMILES string of the molecule is CCOC(=O)c1c(C)csc1N=C(N)N. The number of rotatable bonds is 3. The summed E-state index contributed by atoms with van der Waals surface area (Å²) in [4.78, 5) is 15.4. The molecule has 1 heterocycles. The number of carbonyl (C=O) groups is 1. The Labute approximate surface area is 91.7 Å². The van der Waals surface area contributed by atoms with Gasteiger partial charge in [0, 0.05) is 0 Å². The summed E-state index contributed by atoms with van der Waals surface area (Å²) in [6.07, 6.45) is 0. The molecule has 0 aromatic carbocycles. The summed E-state index contributed by atoms with van der Waals surface area (Å²) in [7, 11) is 0. The molecule has 0 spiro atoms. The normalized spacial score (nSPS) is 9.73. The molecule has 6 heteroatoms. The molecule has 0 radical (unpaired) electrons. The van der Waals surface area contributed by atoms with Crippen LogP contribution in [-0.2, 0) is 4.74 Å². The van der Waals surface area contributed by atoms with Crippen LogP contribution >= 0.6 is 11.3 Å². The zero-order chi connectivity index (χ0) is 11.4. The van der Waals surface area contributed by atoms with Crippen LogP contribution in [0.4, 0.5) is 5.00 Å². The van der Waals surface area contributed by atoms with E-state index in [-0.39, 0.29) is 5.96 Å². The van der Waals surface area contributed by atoms with Crippen molar-refractivity contribution in [2.45, 2.75) is 13.8 Å². The van der Waals surface area contributed by atoms with Crippen molar-refractivity contribution in [3.8, 4) is 0 Å². The second kappa shape index (κ2) is 4.79. The number of hydrogen-bond donors (Lipinski definition) is 2. The standard InChI is InChI=1S/C9H13N3O2S/c1-3-14-8(13)6-5(2)4-15-7(6)12-9(10)11/h4H,3H2,1-2H3,(H4,10,11,12). The average Bonchev–Trinajstić information content (AvgIpc) is 2.46. The van der Waals surface area contributed by atoms with Gasteiger partial charge in [0.1, 0.15) is 5.00 Å². The van der Waals surface area contributed by atoms with E-state index in [2.05, 4.69) is 4.99 Å². The van der Waals surface area contributed by atoms with Crippen LogP contribution in [0.5, 0.6) is 0 Å². The van der Waals surface area contributed by atoms with Crippen molar-refractivity contribution in [1.82, 2.24) is 0 Å². The number of carbonyl (C=O) groups excluding carboxylic acids is 1. The van der Waals surface area contributed by atoms with Gasteiger partial charge in [-0.3, -0.25) is 0 Å². The van der Waals surface area contributed by atoms with E-state index in [4.69, 9.17) is 16.2 Å². The fourth-order valence-electron chi connectivity index (χ4n) is 1.08. The fourth-order valence-corrected chi connectivity index (χ4v) is 2.01. The molecule has 1 aromatic heterocycles. The summed E-state index contributed by atoms with van der Waals surface area (Å²) in [6, 6.07) is 0. The molecule has 0 saturated carbocycles. The van der Waals surface area contributed by atoms with Gasteiger partial charge < -0.3 is 16.2 Å². The first-order valence-corrected chi connectivity index (χ1v) is 5.29. The number of thiophene rings is 1. The van der Waals surface area contributed by atoms with Gasteiger partial charge in [-0.15, -0.1) is 11.3 Å². The van der Waals surface area contributed by atoms with Gasteiger partial charge in [-0.1, -0.05) is 0 Å². The summed E-state index contributed by atoms with van der Waals surface area (Å²) in [6.45, 7) is 3.89. The van der Waals surface area contributed by atoms with E-state index in [0.717, 1.165) is 5.56 Å². The molecule has 0 aliphatic heterocycles. The number of esters is 1. The van der Waals surface area contributed by atoms with Gasteiger partial charge in [0.15, 0.2) is 5.96 Å². The van der Waals surface area contributed by atoms with Crippen molar-refractivity contribution in [1.29, 1.82) is 0 Å². The van der Waals surface area contributed by atoms with Crippen LogP contribution in [0.3, 0.4) is 0 Å². The number of hydrogen-bond acceptors (Lipinski definition) is 4. The van der Waals surface area contributed by atoms with E-state index in [1.54, 1.807) is 6.92 Å². The Morgan fingerprint density at radius 2 is 2.27 bits per heavy atom. The van der Waals surface area contributed by atoms with Crippen molar-refractivity contribution in [3.63, 3.8) is 0 Å². The first kappa shape index (κ1) is 11.5. The Hall–Kier alpha value is -1.56. The Morgan fingerprint density at radius 1 is 1.60 bits per heavy atom. The lowest BCUT2D eigenvalue weighted by molar-refractivity contribution is 0.0527. The number of nitrogens with two attached hydrogens (primary N) is 2. The molecule has 0 unspecified atom stereocenters. The number of ether oxygens (including phenoxy) is 1. The third-order valence-corrected chi connectivity index (χ3v) is 2.66. The minimum atomic E-state index is -0.392. The molecule has 0 atom stereocenters. The lowest BCUT2D eigenvalue weighted by Gasteiger charge is -2.02. The van der Waals surface area contributed by atoms with E-state index in [0.29, 0.717) is 17.2 Å². The Balaban J connectivity index is 3.09. The average molecular weight is 227 g/mol. The molecule has 0 amide bonds. The maximum Gasteiger partial charge on any atom is 0.341 e. The monoisotopic (exact) mass is 227 g/mol. The number of guanidine groups is 1. The largest absolute Gasteiger partial charge is 0.462 e. The lowest BCUT2D eigenvalue weighted by atomic mass is 10.2. The van der Waals surface area contributed by atoms with Crippen LogP contribution in [-0.4, -0.2) is 18.5 Å². The topological polar surface area (TPSA) is 90.7 Å². The van der Waals surface area contributed by atoms with Gasteiger partial charge in [0.2, 0.25) is 0 Å². The second-order valence-corrected chi connectivity index (χ2v) is 3.71. The van der Waals surface area contributed by atoms with Gasteiger partial charge in [-0.2, -0.15) is 0 Å². The van der Waals surface area contributed by atoms with Gasteiger partial charge >= 0.3 is 5.97 Å². The second-order valence-electron chi connectivity index (χ2n) is 2.86. The summed E-state index contributed by atoms with van der Waals surface area (Å²) in [5.74, 6) is -0.460. The minimum absolute atomic E-state index is 0.0672. The van der Waals surface area contributed by atoms with Crippen LogP contribution in [0.15, 0.2) is 10.4 Å². The molecule has 0 aliphatic carbocycles. The highest BCUT2D eigenvalue weighted by Gasteiger charge is 2.17. The van der Waals surface area contributed by atoms with E-state index in [1.807, 2.05) is 12.3 Å². The van der Waals surface area contributed by atoms with Crippen molar-refractivity contribution in [2.24, 2.45) is 16.5 Å².